The summed E-state index contributed by atoms with van der Waals surface area (Å²) >= 11 is 8.70. The molecule has 3 rings (SSSR count). The first-order valence-corrected chi connectivity index (χ1v) is 7.95. The highest BCUT2D eigenvalue weighted by molar-refractivity contribution is 14.1. The summed E-state index contributed by atoms with van der Waals surface area (Å²) in [5.41, 5.74) is 11.1. The Labute approximate surface area is 132 Å². The predicted octanol–water partition coefficient (Wildman–Crippen LogP) is 4.38. The van der Waals surface area contributed by atoms with Gasteiger partial charge in [-0.2, -0.15) is 0 Å². The fourth-order valence-electron chi connectivity index (χ4n) is 2.93. The van der Waals surface area contributed by atoms with Crippen LogP contribution in [-0.2, 0) is 6.42 Å². The van der Waals surface area contributed by atoms with Gasteiger partial charge in [0.2, 0.25) is 0 Å². The number of fused-ring (bicyclic) bond motifs is 1. The van der Waals surface area contributed by atoms with Gasteiger partial charge in [-0.3, -0.25) is 0 Å². The van der Waals surface area contributed by atoms with Gasteiger partial charge in [0.1, 0.15) is 0 Å². The minimum atomic E-state index is 0.173. The summed E-state index contributed by atoms with van der Waals surface area (Å²) in [6, 6.07) is 8.58. The van der Waals surface area contributed by atoms with E-state index in [-0.39, 0.29) is 6.04 Å². The lowest BCUT2D eigenvalue weighted by Crippen LogP contribution is -2.18. The topological polar surface area (TPSA) is 30.9 Å². The van der Waals surface area contributed by atoms with E-state index in [2.05, 4.69) is 52.3 Å². The summed E-state index contributed by atoms with van der Waals surface area (Å²) in [6.45, 7) is 2.12. The van der Waals surface area contributed by atoms with Crippen LogP contribution in [0.2, 0.25) is 5.02 Å². The highest BCUT2D eigenvalue weighted by atomic mass is 127. The molecule has 2 nitrogen and oxygen atoms in total. The maximum Gasteiger partial charge on any atom is 0.0657 e. The number of aryl methyl sites for hydroxylation is 1. The number of halogens is 2. The molecule has 0 bridgehead atoms. The maximum atomic E-state index is 6.41. The van der Waals surface area contributed by atoms with E-state index in [1.54, 1.807) is 0 Å². The molecule has 0 saturated carbocycles. The molecule has 0 spiro atoms. The van der Waals surface area contributed by atoms with Crippen molar-refractivity contribution in [2.45, 2.75) is 32.2 Å². The van der Waals surface area contributed by atoms with E-state index in [1.165, 1.54) is 17.0 Å². The first kappa shape index (κ1) is 13.5. The van der Waals surface area contributed by atoms with Crippen molar-refractivity contribution >= 4 is 34.2 Å². The van der Waals surface area contributed by atoms with Crippen LogP contribution in [-0.4, -0.2) is 4.57 Å². The molecule has 1 aromatic heterocycles. The van der Waals surface area contributed by atoms with Crippen molar-refractivity contribution in [3.8, 4) is 5.69 Å². The quantitative estimate of drug-likeness (QED) is 0.725. The normalized spacial score (nSPS) is 18.4. The molecule has 100 valence electrons. The largest absolute Gasteiger partial charge is 0.324 e. The molecule has 1 aromatic carbocycles. The van der Waals surface area contributed by atoms with Crippen LogP contribution in [0.4, 0.5) is 0 Å². The highest BCUT2D eigenvalue weighted by Crippen LogP contribution is 2.34. The fraction of sp³-hybridized carbons (Fsp3) is 0.333. The Morgan fingerprint density at radius 2 is 2.16 bits per heavy atom. The van der Waals surface area contributed by atoms with Crippen molar-refractivity contribution in [1.29, 1.82) is 0 Å². The van der Waals surface area contributed by atoms with Crippen LogP contribution in [0.3, 0.4) is 0 Å². The van der Waals surface area contributed by atoms with Crippen LogP contribution in [0.1, 0.15) is 35.8 Å². The van der Waals surface area contributed by atoms with Gasteiger partial charge in [0.25, 0.3) is 0 Å². The summed E-state index contributed by atoms with van der Waals surface area (Å²) in [7, 11) is 0. The van der Waals surface area contributed by atoms with Crippen molar-refractivity contribution in [3.05, 3.63) is 49.8 Å². The average molecular weight is 387 g/mol. The van der Waals surface area contributed by atoms with Crippen LogP contribution < -0.4 is 5.73 Å². The first-order chi connectivity index (χ1) is 9.08. The molecule has 19 heavy (non-hydrogen) atoms. The van der Waals surface area contributed by atoms with Gasteiger partial charge in [0.15, 0.2) is 0 Å². The molecule has 2 aromatic rings. The summed E-state index contributed by atoms with van der Waals surface area (Å²) in [5.74, 6) is 0. The minimum Gasteiger partial charge on any atom is -0.324 e. The molecule has 1 atom stereocenters. The number of nitrogens with two attached hydrogens (primary N) is 1. The third kappa shape index (κ3) is 2.32. The minimum absolute atomic E-state index is 0.173. The second-order valence-electron chi connectivity index (χ2n) is 5.12. The summed E-state index contributed by atoms with van der Waals surface area (Å²) < 4.78 is 3.42. The Kier molecular flexibility index (Phi) is 3.62. The van der Waals surface area contributed by atoms with Crippen molar-refractivity contribution in [3.63, 3.8) is 0 Å². The van der Waals surface area contributed by atoms with Crippen LogP contribution >= 0.6 is 34.2 Å². The Bertz CT molecular complexity index is 633. The Hall–Kier alpha value is -0.520. The average Bonchev–Trinajstić information content (AvgIpc) is 2.68. The molecule has 0 saturated heterocycles. The molecular weight excluding hydrogens is 371 g/mol. The molecule has 1 unspecified atom stereocenters. The Balaban J connectivity index is 2.20. The molecule has 1 heterocycles. The molecule has 0 radical (unpaired) electrons. The van der Waals surface area contributed by atoms with E-state index in [4.69, 9.17) is 17.3 Å². The van der Waals surface area contributed by atoms with E-state index in [0.29, 0.717) is 0 Å². The maximum absolute atomic E-state index is 6.41. The molecule has 0 amide bonds. The molecular formula is C15H16ClIN2. The van der Waals surface area contributed by atoms with Gasteiger partial charge in [0.05, 0.1) is 10.7 Å². The predicted molar refractivity (Wildman–Crippen MR) is 88.1 cm³/mol. The zero-order valence-corrected chi connectivity index (χ0v) is 13.7. The van der Waals surface area contributed by atoms with Gasteiger partial charge >= 0.3 is 0 Å². The van der Waals surface area contributed by atoms with Gasteiger partial charge in [-0.15, -0.1) is 0 Å². The van der Waals surface area contributed by atoms with Crippen LogP contribution in [0, 0.1) is 10.5 Å². The van der Waals surface area contributed by atoms with Crippen LogP contribution in [0.15, 0.2) is 24.3 Å². The highest BCUT2D eigenvalue weighted by Gasteiger charge is 2.23. The van der Waals surface area contributed by atoms with Crippen LogP contribution in [0.25, 0.3) is 5.69 Å². The summed E-state index contributed by atoms with van der Waals surface area (Å²) in [6.07, 6.45) is 3.32. The number of rotatable bonds is 1. The number of hydrogen-bond acceptors (Lipinski definition) is 1. The lowest BCUT2D eigenvalue weighted by Gasteiger charge is -2.21. The fourth-order valence-corrected chi connectivity index (χ4v) is 3.88. The van der Waals surface area contributed by atoms with Gasteiger partial charge < -0.3 is 10.3 Å². The van der Waals surface area contributed by atoms with Crippen molar-refractivity contribution in [2.75, 3.05) is 0 Å². The molecule has 1 aliphatic carbocycles. The van der Waals surface area contributed by atoms with E-state index in [0.717, 1.165) is 33.5 Å². The Morgan fingerprint density at radius 3 is 2.89 bits per heavy atom. The monoisotopic (exact) mass is 386 g/mol. The number of nitrogens with zero attached hydrogens (tertiary/aromatic N) is 1. The van der Waals surface area contributed by atoms with Crippen molar-refractivity contribution in [2.24, 2.45) is 5.73 Å². The van der Waals surface area contributed by atoms with Gasteiger partial charge in [-0.1, -0.05) is 11.6 Å². The third-order valence-corrected chi connectivity index (χ3v) is 4.77. The van der Waals surface area contributed by atoms with E-state index in [1.807, 2.05) is 6.07 Å². The number of aromatic nitrogens is 1. The zero-order chi connectivity index (χ0) is 13.6. The molecule has 2 N–H and O–H groups in total. The summed E-state index contributed by atoms with van der Waals surface area (Å²) in [5, 5.41) is 0.799. The number of hydrogen-bond donors (Lipinski definition) is 1. The standard InChI is InChI=1S/C15H16ClIN2/c1-9-7-11-13(18)3-2-4-14(11)19(9)15-6-5-10(17)8-12(15)16/h5-8,13H,2-4,18H2,1H3. The van der Waals surface area contributed by atoms with Gasteiger partial charge in [-0.25, -0.2) is 0 Å². The molecule has 0 aliphatic heterocycles. The van der Waals surface area contributed by atoms with Gasteiger partial charge in [-0.05, 0) is 78.6 Å². The molecule has 0 fully saturated rings. The molecule has 4 heteroatoms. The lowest BCUT2D eigenvalue weighted by molar-refractivity contribution is 0.560. The second kappa shape index (κ2) is 5.11. The van der Waals surface area contributed by atoms with Crippen molar-refractivity contribution in [1.82, 2.24) is 4.57 Å². The smallest absolute Gasteiger partial charge is 0.0657 e. The zero-order valence-electron chi connectivity index (χ0n) is 10.8. The SMILES string of the molecule is Cc1cc2c(n1-c1ccc(I)cc1Cl)CCCC2N. The summed E-state index contributed by atoms with van der Waals surface area (Å²) in [4.78, 5) is 0. The van der Waals surface area contributed by atoms with Gasteiger partial charge in [0, 0.05) is 21.0 Å². The van der Waals surface area contributed by atoms with Crippen LogP contribution in [0.5, 0.6) is 0 Å². The second-order valence-corrected chi connectivity index (χ2v) is 6.77. The first-order valence-electron chi connectivity index (χ1n) is 6.50. The third-order valence-electron chi connectivity index (χ3n) is 3.80. The van der Waals surface area contributed by atoms with Crippen molar-refractivity contribution < 1.29 is 0 Å². The van der Waals surface area contributed by atoms with E-state index in [9.17, 15) is 0 Å². The lowest BCUT2D eigenvalue weighted by atomic mass is 9.93. The van der Waals surface area contributed by atoms with E-state index < -0.39 is 0 Å². The number of benzene rings is 1. The Morgan fingerprint density at radius 1 is 1.37 bits per heavy atom. The van der Waals surface area contributed by atoms with E-state index >= 15 is 0 Å². The molecule has 1 aliphatic rings.